The summed E-state index contributed by atoms with van der Waals surface area (Å²) in [4.78, 5) is 18.0. The van der Waals surface area contributed by atoms with Crippen LogP contribution in [0.2, 0.25) is 0 Å². The zero-order valence-corrected chi connectivity index (χ0v) is 13.8. The number of halogens is 1. The van der Waals surface area contributed by atoms with Crippen LogP contribution in [0, 0.1) is 5.95 Å². The Labute approximate surface area is 135 Å². The average Bonchev–Trinajstić information content (AvgIpc) is 2.69. The number of nitrogens with zero attached hydrogens (tertiary/aromatic N) is 2. The van der Waals surface area contributed by atoms with Crippen LogP contribution in [0.15, 0.2) is 18.2 Å². The number of fused-ring (bicyclic) bond motifs is 2. The Bertz CT molecular complexity index is 573. The highest BCUT2D eigenvalue weighted by Gasteiger charge is 2.45. The maximum Gasteiger partial charge on any atom is 0.410 e. The molecular formula is C17H23FN2O3. The van der Waals surface area contributed by atoms with Crippen molar-refractivity contribution in [2.24, 2.45) is 0 Å². The predicted molar refractivity (Wildman–Crippen MR) is 82.7 cm³/mol. The number of ether oxygens (including phenoxy) is 2. The van der Waals surface area contributed by atoms with E-state index in [1.165, 1.54) is 6.07 Å². The molecule has 1 aromatic rings. The van der Waals surface area contributed by atoms with Gasteiger partial charge in [0.1, 0.15) is 11.7 Å². The van der Waals surface area contributed by atoms with Crippen molar-refractivity contribution in [2.45, 2.75) is 70.2 Å². The number of hydrogen-bond acceptors (Lipinski definition) is 4. The van der Waals surface area contributed by atoms with E-state index >= 15 is 0 Å². The van der Waals surface area contributed by atoms with Gasteiger partial charge in [-0.2, -0.15) is 9.37 Å². The van der Waals surface area contributed by atoms with E-state index in [4.69, 9.17) is 9.47 Å². The first-order valence-corrected chi connectivity index (χ1v) is 8.12. The van der Waals surface area contributed by atoms with E-state index in [1.807, 2.05) is 25.7 Å². The Balaban J connectivity index is 1.64. The molecule has 0 aromatic carbocycles. The summed E-state index contributed by atoms with van der Waals surface area (Å²) >= 11 is 0. The van der Waals surface area contributed by atoms with Crippen molar-refractivity contribution in [3.05, 3.63) is 24.1 Å². The van der Waals surface area contributed by atoms with Crippen molar-refractivity contribution in [1.29, 1.82) is 0 Å². The van der Waals surface area contributed by atoms with Gasteiger partial charge >= 0.3 is 6.09 Å². The number of rotatable bonds is 2. The van der Waals surface area contributed by atoms with Crippen LogP contribution in [0.3, 0.4) is 0 Å². The topological polar surface area (TPSA) is 51.7 Å². The molecular weight excluding hydrogens is 299 g/mol. The molecule has 2 aliphatic rings. The summed E-state index contributed by atoms with van der Waals surface area (Å²) in [6, 6.07) is 4.79. The Morgan fingerprint density at radius 2 is 1.91 bits per heavy atom. The van der Waals surface area contributed by atoms with Crippen LogP contribution in [0.25, 0.3) is 0 Å². The number of pyridine rings is 1. The first kappa shape index (κ1) is 16.0. The van der Waals surface area contributed by atoms with Gasteiger partial charge in [-0.3, -0.25) is 0 Å². The van der Waals surface area contributed by atoms with Crippen molar-refractivity contribution in [3.8, 4) is 5.88 Å². The van der Waals surface area contributed by atoms with Crippen molar-refractivity contribution < 1.29 is 18.7 Å². The third-order valence-electron chi connectivity index (χ3n) is 4.27. The molecule has 0 saturated carbocycles. The Hall–Kier alpha value is -1.85. The summed E-state index contributed by atoms with van der Waals surface area (Å²) in [5.41, 5.74) is -0.491. The summed E-state index contributed by atoms with van der Waals surface area (Å²) in [7, 11) is 0. The number of piperidine rings is 1. The molecule has 3 heterocycles. The molecule has 0 spiro atoms. The van der Waals surface area contributed by atoms with E-state index in [2.05, 4.69) is 4.98 Å². The van der Waals surface area contributed by atoms with E-state index in [1.54, 1.807) is 12.1 Å². The Morgan fingerprint density at radius 1 is 1.26 bits per heavy atom. The van der Waals surface area contributed by atoms with Crippen LogP contribution in [0.4, 0.5) is 9.18 Å². The number of carbonyl (C=O) groups excluding carboxylic acids is 1. The normalized spacial score (nSPS) is 27.0. The molecule has 2 saturated heterocycles. The van der Waals surface area contributed by atoms with E-state index in [0.717, 1.165) is 25.7 Å². The minimum absolute atomic E-state index is 0.0412. The van der Waals surface area contributed by atoms with E-state index in [9.17, 15) is 9.18 Å². The maximum atomic E-state index is 13.2. The van der Waals surface area contributed by atoms with Gasteiger partial charge in [0, 0.05) is 31.0 Å². The fraction of sp³-hybridized carbons (Fsp3) is 0.647. The summed E-state index contributed by atoms with van der Waals surface area (Å²) in [6.07, 6.45) is 3.09. The second-order valence-corrected chi connectivity index (χ2v) is 7.28. The zero-order chi connectivity index (χ0) is 16.6. The van der Waals surface area contributed by atoms with Crippen molar-refractivity contribution in [2.75, 3.05) is 0 Å². The molecule has 1 aromatic heterocycles. The summed E-state index contributed by atoms with van der Waals surface area (Å²) in [5, 5.41) is 0. The van der Waals surface area contributed by atoms with Crippen LogP contribution in [-0.4, -0.2) is 39.8 Å². The molecule has 2 bridgehead atoms. The Morgan fingerprint density at radius 3 is 2.48 bits per heavy atom. The molecule has 0 aliphatic carbocycles. The molecule has 1 amide bonds. The highest BCUT2D eigenvalue weighted by Crippen LogP contribution is 2.38. The minimum Gasteiger partial charge on any atom is -0.474 e. The molecule has 2 fully saturated rings. The smallest absolute Gasteiger partial charge is 0.410 e. The minimum atomic E-state index is -0.545. The van der Waals surface area contributed by atoms with Gasteiger partial charge in [0.2, 0.25) is 11.8 Å². The first-order chi connectivity index (χ1) is 10.8. The highest BCUT2D eigenvalue weighted by molar-refractivity contribution is 5.69. The number of aromatic nitrogens is 1. The van der Waals surface area contributed by atoms with Gasteiger partial charge in [-0.15, -0.1) is 0 Å². The first-order valence-electron chi connectivity index (χ1n) is 8.12. The van der Waals surface area contributed by atoms with Gasteiger partial charge in [0.25, 0.3) is 0 Å². The third kappa shape index (κ3) is 3.74. The quantitative estimate of drug-likeness (QED) is 0.782. The third-order valence-corrected chi connectivity index (χ3v) is 4.27. The van der Waals surface area contributed by atoms with E-state index < -0.39 is 11.5 Å². The summed E-state index contributed by atoms with van der Waals surface area (Å²) in [6.45, 7) is 5.62. The van der Waals surface area contributed by atoms with Gasteiger partial charge in [-0.05, 0) is 39.7 Å². The number of carbonyl (C=O) groups is 1. The van der Waals surface area contributed by atoms with Crippen molar-refractivity contribution in [3.63, 3.8) is 0 Å². The molecule has 6 heteroatoms. The molecule has 0 radical (unpaired) electrons. The van der Waals surface area contributed by atoms with Gasteiger partial charge in [-0.25, -0.2) is 4.79 Å². The lowest BCUT2D eigenvalue weighted by molar-refractivity contribution is -0.00766. The lowest BCUT2D eigenvalue weighted by Gasteiger charge is -2.39. The molecule has 2 aliphatic heterocycles. The fourth-order valence-corrected chi connectivity index (χ4v) is 3.46. The van der Waals surface area contributed by atoms with E-state index in [-0.39, 0.29) is 24.3 Å². The molecule has 5 nitrogen and oxygen atoms in total. The van der Waals surface area contributed by atoms with Gasteiger partial charge in [0.15, 0.2) is 0 Å². The van der Waals surface area contributed by atoms with Crippen LogP contribution >= 0.6 is 0 Å². The van der Waals surface area contributed by atoms with Crippen molar-refractivity contribution >= 4 is 6.09 Å². The van der Waals surface area contributed by atoms with Gasteiger partial charge < -0.3 is 14.4 Å². The highest BCUT2D eigenvalue weighted by atomic mass is 19.1. The fourth-order valence-electron chi connectivity index (χ4n) is 3.46. The largest absolute Gasteiger partial charge is 0.474 e. The van der Waals surface area contributed by atoms with Crippen LogP contribution in [0.1, 0.15) is 46.5 Å². The van der Waals surface area contributed by atoms with Crippen molar-refractivity contribution in [1.82, 2.24) is 9.88 Å². The molecule has 3 rings (SSSR count). The monoisotopic (exact) mass is 322 g/mol. The number of amides is 1. The molecule has 0 unspecified atom stereocenters. The second-order valence-electron chi connectivity index (χ2n) is 7.28. The molecule has 3 atom stereocenters. The SMILES string of the molecule is CC(C)(C)OC(=O)N1[C@@H]2CC[C@H]1C[C@@H](Oc1cccc(F)n1)C2. The van der Waals surface area contributed by atoms with Crippen LogP contribution < -0.4 is 4.74 Å². The van der Waals surface area contributed by atoms with Crippen LogP contribution in [0.5, 0.6) is 5.88 Å². The maximum absolute atomic E-state index is 13.2. The molecule has 0 N–H and O–H groups in total. The summed E-state index contributed by atoms with van der Waals surface area (Å²) < 4.78 is 24.5. The second kappa shape index (κ2) is 5.98. The van der Waals surface area contributed by atoms with Gasteiger partial charge in [0.05, 0.1) is 0 Å². The Kier molecular flexibility index (Phi) is 4.17. The lowest BCUT2D eigenvalue weighted by atomic mass is 10.0. The molecule has 23 heavy (non-hydrogen) atoms. The average molecular weight is 322 g/mol. The van der Waals surface area contributed by atoms with Crippen LogP contribution in [-0.2, 0) is 4.74 Å². The number of hydrogen-bond donors (Lipinski definition) is 0. The lowest BCUT2D eigenvalue weighted by Crippen LogP contribution is -2.50. The van der Waals surface area contributed by atoms with Gasteiger partial charge in [-0.1, -0.05) is 6.07 Å². The standard InChI is InChI=1S/C17H23FN2O3/c1-17(2,3)23-16(21)20-11-7-8-12(20)10-13(9-11)22-15-6-4-5-14(18)19-15/h4-6,11-13H,7-10H2,1-3H3/t11-,12+,13+. The van der Waals surface area contributed by atoms with E-state index in [0.29, 0.717) is 5.88 Å². The zero-order valence-electron chi connectivity index (χ0n) is 13.8. The summed E-state index contributed by atoms with van der Waals surface area (Å²) in [5.74, 6) is -0.239. The predicted octanol–water partition coefficient (Wildman–Crippen LogP) is 3.53. The molecule has 126 valence electrons.